The topological polar surface area (TPSA) is 66.4 Å². The fourth-order valence-corrected chi connectivity index (χ4v) is 3.04. The first-order chi connectivity index (χ1) is 9.99. The predicted octanol–water partition coefficient (Wildman–Crippen LogP) is 3.77. The molecule has 21 heavy (non-hydrogen) atoms. The van der Waals surface area contributed by atoms with E-state index >= 15 is 0 Å². The van der Waals surface area contributed by atoms with Gasteiger partial charge in [0.25, 0.3) is 5.91 Å². The van der Waals surface area contributed by atoms with Crippen LogP contribution in [0.3, 0.4) is 0 Å². The van der Waals surface area contributed by atoms with E-state index in [1.54, 1.807) is 48.5 Å². The Morgan fingerprint density at radius 3 is 2.29 bits per heavy atom. The van der Waals surface area contributed by atoms with Crippen LogP contribution in [0.5, 0.6) is 0 Å². The number of benzene rings is 2. The third-order valence-electron chi connectivity index (χ3n) is 2.83. The van der Waals surface area contributed by atoms with Crippen molar-refractivity contribution in [2.45, 2.75) is 6.04 Å². The maximum absolute atomic E-state index is 12.2. The average molecular weight is 413 g/mol. The summed E-state index contributed by atoms with van der Waals surface area (Å²) in [5, 5.41) is 11.8. The number of halogens is 2. The van der Waals surface area contributed by atoms with Gasteiger partial charge >= 0.3 is 5.97 Å². The summed E-state index contributed by atoms with van der Waals surface area (Å²) in [7, 11) is 0. The molecule has 1 amide bonds. The molecule has 2 N–H and O–H groups in total. The van der Waals surface area contributed by atoms with Crippen molar-refractivity contribution in [3.05, 3.63) is 68.6 Å². The Labute approximate surface area is 138 Å². The number of nitrogens with one attached hydrogen (secondary N) is 1. The Balaban J connectivity index is 2.25. The lowest BCUT2D eigenvalue weighted by Crippen LogP contribution is -2.33. The van der Waals surface area contributed by atoms with Crippen molar-refractivity contribution < 1.29 is 14.7 Å². The Morgan fingerprint density at radius 1 is 1.05 bits per heavy atom. The van der Waals surface area contributed by atoms with Crippen LogP contribution in [0.4, 0.5) is 0 Å². The van der Waals surface area contributed by atoms with Gasteiger partial charge in [0.05, 0.1) is 5.56 Å². The van der Waals surface area contributed by atoms with Crippen molar-refractivity contribution in [3.8, 4) is 0 Å². The number of carboxylic acids is 1. The van der Waals surface area contributed by atoms with Crippen LogP contribution < -0.4 is 5.32 Å². The molecule has 6 heteroatoms. The molecule has 0 saturated heterocycles. The highest BCUT2D eigenvalue weighted by Gasteiger charge is 2.23. The normalized spacial score (nSPS) is 11.7. The van der Waals surface area contributed by atoms with Gasteiger partial charge in [0.2, 0.25) is 0 Å². The SMILES string of the molecule is O=C(N[C@@H](C(=O)O)c1ccccc1)c1ccc(Br)cc1Br. The molecule has 0 aliphatic rings. The number of carbonyl (C=O) groups excluding carboxylic acids is 1. The second-order valence-corrected chi connectivity index (χ2v) is 6.05. The van der Waals surface area contributed by atoms with Crippen LogP contribution in [0.2, 0.25) is 0 Å². The van der Waals surface area contributed by atoms with Crippen molar-refractivity contribution in [3.63, 3.8) is 0 Å². The first-order valence-electron chi connectivity index (χ1n) is 6.02. The highest BCUT2D eigenvalue weighted by atomic mass is 79.9. The average Bonchev–Trinajstić information content (AvgIpc) is 2.45. The van der Waals surface area contributed by atoms with Crippen LogP contribution in [-0.2, 0) is 4.79 Å². The molecule has 108 valence electrons. The molecule has 0 unspecified atom stereocenters. The molecule has 0 aliphatic carbocycles. The van der Waals surface area contributed by atoms with Gasteiger partial charge in [-0.2, -0.15) is 0 Å². The monoisotopic (exact) mass is 411 g/mol. The van der Waals surface area contributed by atoms with Gasteiger partial charge in [-0.3, -0.25) is 4.79 Å². The largest absolute Gasteiger partial charge is 0.479 e. The Kier molecular flexibility index (Phi) is 5.14. The van der Waals surface area contributed by atoms with Gasteiger partial charge in [-0.15, -0.1) is 0 Å². The number of carbonyl (C=O) groups is 2. The van der Waals surface area contributed by atoms with Crippen LogP contribution in [-0.4, -0.2) is 17.0 Å². The van der Waals surface area contributed by atoms with Gasteiger partial charge < -0.3 is 10.4 Å². The molecule has 0 aromatic heterocycles. The van der Waals surface area contributed by atoms with Gasteiger partial charge in [-0.1, -0.05) is 46.3 Å². The van der Waals surface area contributed by atoms with Crippen molar-refractivity contribution in [1.82, 2.24) is 5.32 Å². The molecule has 2 aromatic carbocycles. The highest BCUT2D eigenvalue weighted by Crippen LogP contribution is 2.23. The molecule has 2 aromatic rings. The lowest BCUT2D eigenvalue weighted by molar-refractivity contribution is -0.139. The summed E-state index contributed by atoms with van der Waals surface area (Å²) >= 11 is 6.59. The van der Waals surface area contributed by atoms with E-state index < -0.39 is 17.9 Å². The van der Waals surface area contributed by atoms with Gasteiger partial charge in [0.15, 0.2) is 6.04 Å². The molecule has 0 aliphatic heterocycles. The summed E-state index contributed by atoms with van der Waals surface area (Å²) in [5.74, 6) is -1.56. The molecule has 0 fully saturated rings. The molecule has 0 radical (unpaired) electrons. The Morgan fingerprint density at radius 2 is 1.71 bits per heavy atom. The van der Waals surface area contributed by atoms with E-state index in [2.05, 4.69) is 37.2 Å². The van der Waals surface area contributed by atoms with E-state index in [0.29, 0.717) is 15.6 Å². The number of hydrogen-bond acceptors (Lipinski definition) is 2. The third-order valence-corrected chi connectivity index (χ3v) is 3.98. The van der Waals surface area contributed by atoms with Crippen molar-refractivity contribution in [1.29, 1.82) is 0 Å². The standard InChI is InChI=1S/C15H11Br2NO3/c16-10-6-7-11(12(17)8-10)14(19)18-13(15(20)21)9-4-2-1-3-5-9/h1-8,13H,(H,18,19)(H,20,21)/t13-/m1/s1. The maximum atomic E-state index is 12.2. The van der Waals surface area contributed by atoms with E-state index in [0.717, 1.165) is 4.47 Å². The van der Waals surface area contributed by atoms with Gasteiger partial charge in [0.1, 0.15) is 0 Å². The summed E-state index contributed by atoms with van der Waals surface area (Å²) in [4.78, 5) is 23.6. The lowest BCUT2D eigenvalue weighted by Gasteiger charge is -2.15. The minimum Gasteiger partial charge on any atom is -0.479 e. The number of rotatable bonds is 4. The fourth-order valence-electron chi connectivity index (χ4n) is 1.82. The first kappa shape index (κ1) is 15.7. The van der Waals surface area contributed by atoms with Gasteiger partial charge in [0, 0.05) is 8.95 Å². The van der Waals surface area contributed by atoms with E-state index in [1.165, 1.54) is 0 Å². The zero-order valence-corrected chi connectivity index (χ0v) is 13.9. The summed E-state index contributed by atoms with van der Waals surface area (Å²) in [6, 6.07) is 12.5. The van der Waals surface area contributed by atoms with Crippen LogP contribution in [0.1, 0.15) is 22.0 Å². The Hall–Kier alpha value is -1.66. The minimum atomic E-state index is -1.11. The van der Waals surface area contributed by atoms with Crippen LogP contribution in [0, 0.1) is 0 Å². The molecular weight excluding hydrogens is 402 g/mol. The fraction of sp³-hybridized carbons (Fsp3) is 0.0667. The predicted molar refractivity (Wildman–Crippen MR) is 86.1 cm³/mol. The van der Waals surface area contributed by atoms with Crippen LogP contribution in [0.25, 0.3) is 0 Å². The van der Waals surface area contributed by atoms with Gasteiger partial charge in [-0.05, 0) is 39.7 Å². The first-order valence-corrected chi connectivity index (χ1v) is 7.61. The van der Waals surface area contributed by atoms with E-state index in [-0.39, 0.29) is 0 Å². The molecule has 0 saturated carbocycles. The summed E-state index contributed by atoms with van der Waals surface area (Å²) in [5.41, 5.74) is 0.895. The highest BCUT2D eigenvalue weighted by molar-refractivity contribution is 9.11. The van der Waals surface area contributed by atoms with Gasteiger partial charge in [-0.25, -0.2) is 4.79 Å². The minimum absolute atomic E-state index is 0.375. The number of amides is 1. The van der Waals surface area contributed by atoms with Crippen molar-refractivity contribution >= 4 is 43.7 Å². The number of aliphatic carboxylic acids is 1. The third kappa shape index (κ3) is 3.92. The Bertz CT molecular complexity index is 674. The van der Waals surface area contributed by atoms with Crippen molar-refractivity contribution in [2.75, 3.05) is 0 Å². The zero-order valence-electron chi connectivity index (χ0n) is 10.7. The maximum Gasteiger partial charge on any atom is 0.330 e. The molecule has 0 heterocycles. The molecule has 0 bridgehead atoms. The van der Waals surface area contributed by atoms with Crippen LogP contribution >= 0.6 is 31.9 Å². The summed E-state index contributed by atoms with van der Waals surface area (Å²) < 4.78 is 1.41. The molecule has 0 spiro atoms. The second kappa shape index (κ2) is 6.87. The molecule has 1 atom stereocenters. The number of hydrogen-bond donors (Lipinski definition) is 2. The van der Waals surface area contributed by atoms with E-state index in [1.807, 2.05) is 0 Å². The van der Waals surface area contributed by atoms with E-state index in [4.69, 9.17) is 0 Å². The molecule has 2 rings (SSSR count). The molecular formula is C15H11Br2NO3. The summed E-state index contributed by atoms with van der Waals surface area (Å²) in [6.07, 6.45) is 0. The van der Waals surface area contributed by atoms with E-state index in [9.17, 15) is 14.7 Å². The van der Waals surface area contributed by atoms with Crippen LogP contribution in [0.15, 0.2) is 57.5 Å². The lowest BCUT2D eigenvalue weighted by atomic mass is 10.1. The quantitative estimate of drug-likeness (QED) is 0.803. The zero-order chi connectivity index (χ0) is 15.4. The second-order valence-electron chi connectivity index (χ2n) is 4.28. The summed E-state index contributed by atoms with van der Waals surface area (Å²) in [6.45, 7) is 0. The smallest absolute Gasteiger partial charge is 0.330 e. The van der Waals surface area contributed by atoms with Crippen molar-refractivity contribution in [2.24, 2.45) is 0 Å². The number of carboxylic acid groups (broad SMARTS) is 1. The molecule has 4 nitrogen and oxygen atoms in total.